The van der Waals surface area contributed by atoms with E-state index in [1.54, 1.807) is 4.90 Å². The maximum atomic E-state index is 13.5. The first-order valence-corrected chi connectivity index (χ1v) is 11.7. The molecule has 8 nitrogen and oxygen atoms in total. The summed E-state index contributed by atoms with van der Waals surface area (Å²) in [5.74, 6) is 0.496. The topological polar surface area (TPSA) is 102 Å². The van der Waals surface area contributed by atoms with Gasteiger partial charge in [-0.3, -0.25) is 14.4 Å². The number of nitrogens with zero attached hydrogens (tertiary/aromatic N) is 3. The molecule has 4 heterocycles. The van der Waals surface area contributed by atoms with Gasteiger partial charge in [0.25, 0.3) is 11.5 Å². The average Bonchev–Trinajstić information content (AvgIpc) is 3.28. The number of hydrogen-bond acceptors (Lipinski definition) is 4. The standard InChI is InChI=1S/C25H29N5O3/c1-3-22(31)29-12-10-16-20(14-29)27-23(28-24(16)32)21-9-4-5-11-30(21)25(33)19-13-17-15(2)7-6-8-18(17)26-19/h6-8,13,21,26H,3-5,9-12,14H2,1-2H3,(H,27,28,32)/t21-/m0/s1. The third-order valence-corrected chi connectivity index (χ3v) is 6.94. The van der Waals surface area contributed by atoms with Gasteiger partial charge in [-0.25, -0.2) is 4.98 Å². The van der Waals surface area contributed by atoms with Crippen LogP contribution in [0.25, 0.3) is 10.9 Å². The number of carbonyl (C=O) groups excluding carboxylic acids is 2. The van der Waals surface area contributed by atoms with Crippen molar-refractivity contribution in [1.29, 1.82) is 0 Å². The molecule has 1 saturated heterocycles. The van der Waals surface area contributed by atoms with Crippen molar-refractivity contribution in [3.8, 4) is 0 Å². The van der Waals surface area contributed by atoms with Crippen LogP contribution in [-0.2, 0) is 17.8 Å². The van der Waals surface area contributed by atoms with Crippen LogP contribution >= 0.6 is 0 Å². The molecule has 0 saturated carbocycles. The monoisotopic (exact) mass is 447 g/mol. The SMILES string of the molecule is CCC(=O)N1CCc2c(nc([C@@H]3CCCCN3C(=O)c3cc4c(C)cccc4[nH]3)[nH]c2=O)C1. The Morgan fingerprint density at radius 1 is 1.18 bits per heavy atom. The highest BCUT2D eigenvalue weighted by Gasteiger charge is 2.33. The Morgan fingerprint density at radius 3 is 2.82 bits per heavy atom. The molecule has 0 bridgehead atoms. The van der Waals surface area contributed by atoms with Crippen LogP contribution in [0, 0.1) is 6.92 Å². The zero-order valence-electron chi connectivity index (χ0n) is 19.1. The predicted octanol–water partition coefficient (Wildman–Crippen LogP) is 3.22. The molecule has 2 aliphatic heterocycles. The smallest absolute Gasteiger partial charge is 0.270 e. The van der Waals surface area contributed by atoms with E-state index < -0.39 is 0 Å². The Balaban J connectivity index is 1.48. The van der Waals surface area contributed by atoms with Crippen molar-refractivity contribution in [1.82, 2.24) is 24.8 Å². The lowest BCUT2D eigenvalue weighted by molar-refractivity contribution is -0.131. The molecule has 3 aromatic rings. The number of likely N-dealkylation sites (tertiary alicyclic amines) is 1. The fraction of sp³-hybridized carbons (Fsp3) is 0.440. The lowest BCUT2D eigenvalue weighted by atomic mass is 9.99. The van der Waals surface area contributed by atoms with Gasteiger partial charge >= 0.3 is 0 Å². The summed E-state index contributed by atoms with van der Waals surface area (Å²) in [5, 5.41) is 1.04. The van der Waals surface area contributed by atoms with Crippen molar-refractivity contribution >= 4 is 22.7 Å². The van der Waals surface area contributed by atoms with Gasteiger partial charge < -0.3 is 19.8 Å². The second-order valence-electron chi connectivity index (χ2n) is 9.02. The molecule has 2 N–H and O–H groups in total. The first kappa shape index (κ1) is 21.4. The van der Waals surface area contributed by atoms with Gasteiger partial charge in [0.05, 0.1) is 18.3 Å². The van der Waals surface area contributed by atoms with Crippen LogP contribution < -0.4 is 5.56 Å². The molecule has 0 aliphatic carbocycles. The molecule has 0 radical (unpaired) electrons. The molecule has 2 aliphatic rings. The number of rotatable bonds is 3. The van der Waals surface area contributed by atoms with Crippen molar-refractivity contribution < 1.29 is 9.59 Å². The van der Waals surface area contributed by atoms with E-state index in [4.69, 9.17) is 4.98 Å². The van der Waals surface area contributed by atoms with Gasteiger partial charge in [-0.1, -0.05) is 19.1 Å². The van der Waals surface area contributed by atoms with E-state index in [1.807, 2.05) is 43.0 Å². The van der Waals surface area contributed by atoms with E-state index in [9.17, 15) is 14.4 Å². The fourth-order valence-electron chi connectivity index (χ4n) is 5.09. The number of H-pyrrole nitrogens is 2. The van der Waals surface area contributed by atoms with Crippen LogP contribution in [0.2, 0.25) is 0 Å². The van der Waals surface area contributed by atoms with Gasteiger partial charge in [0.15, 0.2) is 0 Å². The molecule has 5 rings (SSSR count). The van der Waals surface area contributed by atoms with E-state index in [1.165, 1.54) is 0 Å². The van der Waals surface area contributed by atoms with Crippen LogP contribution in [-0.4, -0.2) is 49.7 Å². The Kier molecular flexibility index (Phi) is 5.52. The van der Waals surface area contributed by atoms with E-state index >= 15 is 0 Å². The van der Waals surface area contributed by atoms with Crippen LogP contribution in [0.4, 0.5) is 0 Å². The number of benzene rings is 1. The molecular formula is C25H29N5O3. The molecular weight excluding hydrogens is 418 g/mol. The van der Waals surface area contributed by atoms with E-state index in [0.29, 0.717) is 55.3 Å². The molecule has 2 amide bonds. The number of aromatic amines is 2. The molecule has 0 spiro atoms. The second kappa shape index (κ2) is 8.50. The van der Waals surface area contributed by atoms with Gasteiger partial charge in [0, 0.05) is 36.0 Å². The van der Waals surface area contributed by atoms with Crippen LogP contribution in [0.3, 0.4) is 0 Å². The zero-order chi connectivity index (χ0) is 23.1. The van der Waals surface area contributed by atoms with E-state index in [0.717, 1.165) is 35.7 Å². The number of aromatic nitrogens is 3. The summed E-state index contributed by atoms with van der Waals surface area (Å²) in [4.78, 5) is 53.2. The number of hydrogen-bond donors (Lipinski definition) is 2. The minimum Gasteiger partial charge on any atom is -0.351 e. The number of amides is 2. The Morgan fingerprint density at radius 2 is 2.03 bits per heavy atom. The molecule has 0 unspecified atom stereocenters. The highest BCUT2D eigenvalue weighted by atomic mass is 16.2. The Bertz CT molecular complexity index is 1290. The van der Waals surface area contributed by atoms with Crippen molar-refractivity contribution in [2.45, 2.75) is 58.5 Å². The predicted molar refractivity (Wildman–Crippen MR) is 125 cm³/mol. The van der Waals surface area contributed by atoms with Crippen LogP contribution in [0.15, 0.2) is 29.1 Å². The molecule has 1 atom stereocenters. The number of fused-ring (bicyclic) bond motifs is 2. The summed E-state index contributed by atoms with van der Waals surface area (Å²) in [6.45, 7) is 5.37. The number of aryl methyl sites for hydroxylation is 1. The third kappa shape index (κ3) is 3.83. The van der Waals surface area contributed by atoms with Gasteiger partial charge in [-0.05, 0) is 50.3 Å². The Labute approximate surface area is 192 Å². The zero-order valence-corrected chi connectivity index (χ0v) is 19.1. The minimum absolute atomic E-state index is 0.0628. The van der Waals surface area contributed by atoms with Crippen LogP contribution in [0.5, 0.6) is 0 Å². The normalized spacial score (nSPS) is 18.4. The lowest BCUT2D eigenvalue weighted by Crippen LogP contribution is -2.42. The van der Waals surface area contributed by atoms with Crippen molar-refractivity contribution in [3.63, 3.8) is 0 Å². The summed E-state index contributed by atoms with van der Waals surface area (Å²) in [6.07, 6.45) is 3.55. The van der Waals surface area contributed by atoms with Gasteiger partial charge in [0.2, 0.25) is 5.91 Å². The molecule has 1 fully saturated rings. The quantitative estimate of drug-likeness (QED) is 0.644. The molecule has 172 valence electrons. The fourth-order valence-corrected chi connectivity index (χ4v) is 5.09. The third-order valence-electron chi connectivity index (χ3n) is 6.94. The highest BCUT2D eigenvalue weighted by molar-refractivity contribution is 5.99. The van der Waals surface area contributed by atoms with Gasteiger partial charge in [-0.2, -0.15) is 0 Å². The maximum Gasteiger partial charge on any atom is 0.270 e. The largest absolute Gasteiger partial charge is 0.351 e. The summed E-state index contributed by atoms with van der Waals surface area (Å²) in [7, 11) is 0. The second-order valence-corrected chi connectivity index (χ2v) is 9.02. The molecule has 1 aromatic carbocycles. The number of carbonyl (C=O) groups is 2. The van der Waals surface area contributed by atoms with E-state index in [2.05, 4.69) is 9.97 Å². The van der Waals surface area contributed by atoms with Crippen molar-refractivity contribution in [2.24, 2.45) is 0 Å². The van der Waals surface area contributed by atoms with Gasteiger partial charge in [-0.15, -0.1) is 0 Å². The highest BCUT2D eigenvalue weighted by Crippen LogP contribution is 2.31. The molecule has 33 heavy (non-hydrogen) atoms. The number of nitrogens with one attached hydrogen (secondary N) is 2. The van der Waals surface area contributed by atoms with E-state index in [-0.39, 0.29) is 23.4 Å². The minimum atomic E-state index is -0.297. The van der Waals surface area contributed by atoms with Crippen LogP contribution in [0.1, 0.15) is 71.8 Å². The Hall–Kier alpha value is -3.42. The van der Waals surface area contributed by atoms with Crippen molar-refractivity contribution in [2.75, 3.05) is 13.1 Å². The number of piperidine rings is 1. The molecule has 2 aromatic heterocycles. The van der Waals surface area contributed by atoms with Gasteiger partial charge in [0.1, 0.15) is 11.5 Å². The lowest BCUT2D eigenvalue weighted by Gasteiger charge is -2.35. The summed E-state index contributed by atoms with van der Waals surface area (Å²) >= 11 is 0. The first-order chi connectivity index (χ1) is 16.0. The average molecular weight is 448 g/mol. The maximum absolute atomic E-state index is 13.5. The first-order valence-electron chi connectivity index (χ1n) is 11.7. The summed E-state index contributed by atoms with van der Waals surface area (Å²) in [5.41, 5.74) is 3.75. The molecule has 8 heteroatoms. The summed E-state index contributed by atoms with van der Waals surface area (Å²) in [6, 6.07) is 7.59. The van der Waals surface area contributed by atoms with Crippen molar-refractivity contribution in [3.05, 3.63) is 63.0 Å². The summed E-state index contributed by atoms with van der Waals surface area (Å²) < 4.78 is 0.